The lowest BCUT2D eigenvalue weighted by atomic mass is 10.2. The predicted octanol–water partition coefficient (Wildman–Crippen LogP) is 2.63. The molecule has 25 heavy (non-hydrogen) atoms. The highest BCUT2D eigenvalue weighted by Crippen LogP contribution is 2.42. The largest absolute Gasteiger partial charge is 0.586 e. The number of anilines is 2. The molecule has 0 unspecified atom stereocenters. The number of rotatable bonds is 4. The predicted molar refractivity (Wildman–Crippen MR) is 85.5 cm³/mol. The Morgan fingerprint density at radius 2 is 1.60 bits per heavy atom. The molecule has 3 rings (SSSR count). The minimum atomic E-state index is -3.73. The molecule has 0 bridgehead atoms. The van der Waals surface area contributed by atoms with Crippen molar-refractivity contribution >= 4 is 27.3 Å². The highest BCUT2D eigenvalue weighted by atomic mass is 32.2. The van der Waals surface area contributed by atoms with Gasteiger partial charge in [0.25, 0.3) is 5.91 Å². The van der Waals surface area contributed by atoms with Gasteiger partial charge in [-0.25, -0.2) is 8.42 Å². The Morgan fingerprint density at radius 3 is 2.24 bits per heavy atom. The van der Waals surface area contributed by atoms with Crippen molar-refractivity contribution in [2.24, 2.45) is 0 Å². The van der Waals surface area contributed by atoms with E-state index in [0.717, 1.165) is 6.26 Å². The fourth-order valence-electron chi connectivity index (χ4n) is 2.13. The Hall–Kier alpha value is -2.88. The van der Waals surface area contributed by atoms with Crippen LogP contribution in [0.3, 0.4) is 0 Å². The zero-order valence-corrected chi connectivity index (χ0v) is 13.6. The van der Waals surface area contributed by atoms with Crippen molar-refractivity contribution in [3.8, 4) is 11.5 Å². The molecule has 0 aromatic heterocycles. The van der Waals surface area contributed by atoms with Crippen molar-refractivity contribution in [1.82, 2.24) is 0 Å². The van der Waals surface area contributed by atoms with E-state index in [1.807, 2.05) is 0 Å². The van der Waals surface area contributed by atoms with Crippen LogP contribution in [-0.4, -0.2) is 26.9 Å². The van der Waals surface area contributed by atoms with E-state index in [0.29, 0.717) is 5.69 Å². The normalized spacial score (nSPS) is 14.8. The summed E-state index contributed by atoms with van der Waals surface area (Å²) < 4.78 is 59.1. The van der Waals surface area contributed by atoms with Gasteiger partial charge in [0.2, 0.25) is 10.0 Å². The lowest BCUT2D eigenvalue weighted by Gasteiger charge is -2.07. The number of carbonyl (C=O) groups is 1. The van der Waals surface area contributed by atoms with Gasteiger partial charge in [-0.2, -0.15) is 0 Å². The number of hydrogen-bond donors (Lipinski definition) is 2. The molecule has 0 atom stereocenters. The molecule has 0 saturated heterocycles. The quantitative estimate of drug-likeness (QED) is 0.863. The third-order valence-electron chi connectivity index (χ3n) is 3.11. The Labute approximate surface area is 141 Å². The van der Waals surface area contributed by atoms with Crippen LogP contribution in [0.2, 0.25) is 0 Å². The number of hydrogen-bond acceptors (Lipinski definition) is 5. The fraction of sp³-hybridized carbons (Fsp3) is 0.133. The van der Waals surface area contributed by atoms with E-state index in [1.165, 1.54) is 42.5 Å². The van der Waals surface area contributed by atoms with Crippen LogP contribution in [0.1, 0.15) is 10.4 Å². The monoisotopic (exact) mass is 370 g/mol. The third kappa shape index (κ3) is 4.15. The highest BCUT2D eigenvalue weighted by molar-refractivity contribution is 7.92. The van der Waals surface area contributed by atoms with Gasteiger partial charge in [0.1, 0.15) is 0 Å². The summed E-state index contributed by atoms with van der Waals surface area (Å²) in [4.78, 5) is 12.2. The van der Waals surface area contributed by atoms with E-state index < -0.39 is 22.2 Å². The maximum Gasteiger partial charge on any atom is 0.586 e. The van der Waals surface area contributed by atoms with Crippen molar-refractivity contribution in [3.05, 3.63) is 48.0 Å². The van der Waals surface area contributed by atoms with E-state index in [-0.39, 0.29) is 22.7 Å². The molecule has 132 valence electrons. The molecular formula is C15H12F2N2O5S. The molecule has 0 fully saturated rings. The molecule has 0 spiro atoms. The maximum atomic E-state index is 13.0. The molecule has 0 saturated carbocycles. The molecule has 1 heterocycles. The van der Waals surface area contributed by atoms with E-state index >= 15 is 0 Å². The van der Waals surface area contributed by atoms with Gasteiger partial charge in [0.15, 0.2) is 11.5 Å². The van der Waals surface area contributed by atoms with Crippen LogP contribution in [0.25, 0.3) is 0 Å². The number of ether oxygens (including phenoxy) is 2. The number of alkyl halides is 2. The molecule has 2 N–H and O–H groups in total. The third-order valence-corrected chi connectivity index (χ3v) is 3.72. The second-order valence-electron chi connectivity index (χ2n) is 5.23. The molecule has 2 aromatic carbocycles. The Bertz CT molecular complexity index is 929. The number of sulfonamides is 1. The van der Waals surface area contributed by atoms with Gasteiger partial charge < -0.3 is 14.8 Å². The minimum absolute atomic E-state index is 0.126. The topological polar surface area (TPSA) is 93.7 Å². The highest BCUT2D eigenvalue weighted by Gasteiger charge is 2.43. The zero-order valence-electron chi connectivity index (χ0n) is 12.7. The lowest BCUT2D eigenvalue weighted by Crippen LogP contribution is -2.25. The number of halogens is 2. The number of benzene rings is 2. The summed E-state index contributed by atoms with van der Waals surface area (Å²) in [6, 6.07) is 9.56. The number of carbonyl (C=O) groups excluding carboxylic acids is 1. The molecule has 0 aliphatic carbocycles. The standard InChI is InChI=1S/C15H12F2N2O5S/c1-25(21,22)19-10-4-2-9(3-5-10)14(20)18-11-6-7-12-13(8-11)24-15(16,17)23-12/h2-8,19H,1H3,(H,18,20). The molecule has 1 amide bonds. The summed E-state index contributed by atoms with van der Waals surface area (Å²) in [5.41, 5.74) is 0.801. The van der Waals surface area contributed by atoms with E-state index in [9.17, 15) is 22.0 Å². The zero-order chi connectivity index (χ0) is 18.2. The summed E-state index contributed by atoms with van der Waals surface area (Å²) in [6.45, 7) is 0. The molecule has 2 aromatic rings. The average molecular weight is 370 g/mol. The summed E-state index contributed by atoms with van der Waals surface area (Å²) >= 11 is 0. The number of fused-ring (bicyclic) bond motifs is 1. The number of amides is 1. The van der Waals surface area contributed by atoms with Gasteiger partial charge in [-0.15, -0.1) is 8.78 Å². The average Bonchev–Trinajstić information content (AvgIpc) is 2.79. The van der Waals surface area contributed by atoms with Gasteiger partial charge in [-0.3, -0.25) is 9.52 Å². The van der Waals surface area contributed by atoms with Crippen molar-refractivity contribution in [1.29, 1.82) is 0 Å². The molecule has 1 aliphatic rings. The van der Waals surface area contributed by atoms with Crippen molar-refractivity contribution < 1.29 is 31.5 Å². The Morgan fingerprint density at radius 1 is 1.00 bits per heavy atom. The molecule has 0 radical (unpaired) electrons. The van der Waals surface area contributed by atoms with E-state index in [1.54, 1.807) is 0 Å². The van der Waals surface area contributed by atoms with Crippen LogP contribution in [0, 0.1) is 0 Å². The van der Waals surface area contributed by atoms with Crippen molar-refractivity contribution in [2.75, 3.05) is 16.3 Å². The van der Waals surface area contributed by atoms with E-state index in [2.05, 4.69) is 19.5 Å². The molecular weight excluding hydrogens is 358 g/mol. The van der Waals surface area contributed by atoms with Crippen LogP contribution in [0.4, 0.5) is 20.2 Å². The van der Waals surface area contributed by atoms with Gasteiger partial charge in [0.05, 0.1) is 6.26 Å². The van der Waals surface area contributed by atoms with Crippen LogP contribution < -0.4 is 19.5 Å². The second-order valence-corrected chi connectivity index (χ2v) is 6.98. The summed E-state index contributed by atoms with van der Waals surface area (Å²) in [6.07, 6.45) is -2.72. The molecule has 1 aliphatic heterocycles. The molecule has 10 heteroatoms. The second kappa shape index (κ2) is 5.88. The van der Waals surface area contributed by atoms with Crippen LogP contribution in [0.15, 0.2) is 42.5 Å². The van der Waals surface area contributed by atoms with Crippen molar-refractivity contribution in [3.63, 3.8) is 0 Å². The van der Waals surface area contributed by atoms with Gasteiger partial charge in [0, 0.05) is 23.0 Å². The van der Waals surface area contributed by atoms with Gasteiger partial charge in [-0.05, 0) is 36.4 Å². The molecule has 7 nitrogen and oxygen atoms in total. The number of nitrogens with one attached hydrogen (secondary N) is 2. The first-order valence-corrected chi connectivity index (χ1v) is 8.80. The summed E-state index contributed by atoms with van der Waals surface area (Å²) in [7, 11) is -3.41. The van der Waals surface area contributed by atoms with E-state index in [4.69, 9.17) is 0 Å². The van der Waals surface area contributed by atoms with Gasteiger partial charge >= 0.3 is 6.29 Å². The summed E-state index contributed by atoms with van der Waals surface area (Å²) in [5.74, 6) is -0.814. The first kappa shape index (κ1) is 17.0. The first-order chi connectivity index (χ1) is 11.6. The Balaban J connectivity index is 1.71. The minimum Gasteiger partial charge on any atom is -0.395 e. The Kier molecular flexibility index (Phi) is 3.99. The van der Waals surface area contributed by atoms with Crippen LogP contribution in [0.5, 0.6) is 11.5 Å². The van der Waals surface area contributed by atoms with Crippen molar-refractivity contribution in [2.45, 2.75) is 6.29 Å². The van der Waals surface area contributed by atoms with Crippen LogP contribution in [-0.2, 0) is 10.0 Å². The lowest BCUT2D eigenvalue weighted by molar-refractivity contribution is -0.286. The van der Waals surface area contributed by atoms with Gasteiger partial charge in [-0.1, -0.05) is 0 Å². The summed E-state index contributed by atoms with van der Waals surface area (Å²) in [5, 5.41) is 2.52. The fourth-order valence-corrected chi connectivity index (χ4v) is 2.70. The van der Waals surface area contributed by atoms with Crippen LogP contribution >= 0.6 is 0 Å². The maximum absolute atomic E-state index is 13.0. The SMILES string of the molecule is CS(=O)(=O)Nc1ccc(C(=O)Nc2ccc3c(c2)OC(F)(F)O3)cc1. The first-order valence-electron chi connectivity index (χ1n) is 6.90. The smallest absolute Gasteiger partial charge is 0.395 e.